The number of rotatable bonds is 4. The summed E-state index contributed by atoms with van der Waals surface area (Å²) in [6.45, 7) is 2.12. The Bertz CT molecular complexity index is 150. The van der Waals surface area contributed by atoms with Crippen molar-refractivity contribution in [3.05, 3.63) is 11.6 Å². The summed E-state index contributed by atoms with van der Waals surface area (Å²) in [6.07, 6.45) is 3.89. The minimum absolute atomic E-state index is 0.974. The molecule has 0 amide bonds. The number of hydrazone groups is 1. The van der Waals surface area contributed by atoms with E-state index in [1.807, 2.05) is 20.2 Å². The van der Waals surface area contributed by atoms with E-state index in [4.69, 9.17) is 11.6 Å². The lowest BCUT2D eigenvalue weighted by Gasteiger charge is -2.06. The number of hydrogen-bond donors (Lipinski definition) is 0. The maximum atomic E-state index is 5.44. The SMILES string of the molecule is CCCC(C=CCl)=NN(C)C. The first-order chi connectivity index (χ1) is 5.20. The Morgan fingerprint density at radius 1 is 1.55 bits per heavy atom. The monoisotopic (exact) mass is 174 g/mol. The molecule has 0 unspecified atom stereocenters. The lowest BCUT2D eigenvalue weighted by atomic mass is 10.2. The van der Waals surface area contributed by atoms with E-state index < -0.39 is 0 Å². The van der Waals surface area contributed by atoms with Crippen LogP contribution in [-0.2, 0) is 0 Å². The molecule has 0 radical (unpaired) electrons. The van der Waals surface area contributed by atoms with Gasteiger partial charge in [-0.05, 0) is 12.5 Å². The van der Waals surface area contributed by atoms with Crippen molar-refractivity contribution < 1.29 is 0 Å². The van der Waals surface area contributed by atoms with E-state index >= 15 is 0 Å². The van der Waals surface area contributed by atoms with Crippen molar-refractivity contribution in [3.63, 3.8) is 0 Å². The largest absolute Gasteiger partial charge is 0.303 e. The van der Waals surface area contributed by atoms with Gasteiger partial charge in [-0.25, -0.2) is 0 Å². The van der Waals surface area contributed by atoms with E-state index in [0.29, 0.717) is 0 Å². The van der Waals surface area contributed by atoms with E-state index in [9.17, 15) is 0 Å². The zero-order chi connectivity index (χ0) is 8.69. The molecule has 0 aromatic carbocycles. The van der Waals surface area contributed by atoms with Gasteiger partial charge >= 0.3 is 0 Å². The Morgan fingerprint density at radius 3 is 2.55 bits per heavy atom. The molecule has 64 valence electrons. The first-order valence-corrected chi connectivity index (χ1v) is 4.16. The Morgan fingerprint density at radius 2 is 2.18 bits per heavy atom. The van der Waals surface area contributed by atoms with Crippen molar-refractivity contribution in [1.82, 2.24) is 5.01 Å². The molecule has 0 aromatic rings. The molecular formula is C8H15ClN2. The molecule has 0 aliphatic heterocycles. The maximum absolute atomic E-state index is 5.44. The number of halogens is 1. The lowest BCUT2D eigenvalue weighted by Crippen LogP contribution is -2.06. The Kier molecular flexibility index (Phi) is 5.94. The summed E-state index contributed by atoms with van der Waals surface area (Å²) < 4.78 is 0. The van der Waals surface area contributed by atoms with Gasteiger partial charge in [-0.3, -0.25) is 0 Å². The quantitative estimate of drug-likeness (QED) is 0.472. The van der Waals surface area contributed by atoms with Crippen LogP contribution >= 0.6 is 11.6 Å². The average Bonchev–Trinajstić information content (AvgIpc) is 1.87. The summed E-state index contributed by atoms with van der Waals surface area (Å²) in [4.78, 5) is 0. The van der Waals surface area contributed by atoms with E-state index in [1.54, 1.807) is 5.01 Å². The van der Waals surface area contributed by atoms with Crippen LogP contribution < -0.4 is 0 Å². The minimum atomic E-state index is 0.974. The number of allylic oxidation sites excluding steroid dienone is 1. The molecule has 2 nitrogen and oxygen atoms in total. The number of hydrogen-bond acceptors (Lipinski definition) is 2. The van der Waals surface area contributed by atoms with Crippen molar-refractivity contribution in [2.24, 2.45) is 5.10 Å². The molecule has 0 atom stereocenters. The van der Waals surface area contributed by atoms with Gasteiger partial charge in [0, 0.05) is 19.6 Å². The van der Waals surface area contributed by atoms with Crippen LogP contribution in [0.5, 0.6) is 0 Å². The van der Waals surface area contributed by atoms with Crippen LogP contribution in [0.2, 0.25) is 0 Å². The Balaban J connectivity index is 4.08. The highest BCUT2D eigenvalue weighted by molar-refractivity contribution is 6.27. The van der Waals surface area contributed by atoms with Gasteiger partial charge in [-0.2, -0.15) is 5.10 Å². The van der Waals surface area contributed by atoms with Crippen LogP contribution in [-0.4, -0.2) is 24.8 Å². The second-order valence-electron chi connectivity index (χ2n) is 2.48. The first kappa shape index (κ1) is 10.5. The molecule has 11 heavy (non-hydrogen) atoms. The van der Waals surface area contributed by atoms with E-state index in [-0.39, 0.29) is 0 Å². The third kappa shape index (κ3) is 5.92. The first-order valence-electron chi connectivity index (χ1n) is 3.72. The van der Waals surface area contributed by atoms with Gasteiger partial charge in [-0.1, -0.05) is 24.9 Å². The topological polar surface area (TPSA) is 15.6 Å². The molecule has 0 N–H and O–H groups in total. The van der Waals surface area contributed by atoms with E-state index in [0.717, 1.165) is 18.6 Å². The van der Waals surface area contributed by atoms with Crippen LogP contribution in [0.3, 0.4) is 0 Å². The molecule has 0 heterocycles. The highest BCUT2D eigenvalue weighted by Gasteiger charge is 1.92. The van der Waals surface area contributed by atoms with Gasteiger partial charge in [0.1, 0.15) is 0 Å². The highest BCUT2D eigenvalue weighted by Crippen LogP contribution is 1.96. The van der Waals surface area contributed by atoms with Crippen molar-refractivity contribution in [2.45, 2.75) is 19.8 Å². The molecule has 0 aliphatic carbocycles. The van der Waals surface area contributed by atoms with E-state index in [2.05, 4.69) is 12.0 Å². The van der Waals surface area contributed by atoms with E-state index in [1.165, 1.54) is 5.54 Å². The average molecular weight is 175 g/mol. The predicted molar refractivity (Wildman–Crippen MR) is 51.0 cm³/mol. The Labute approximate surface area is 73.5 Å². The van der Waals surface area contributed by atoms with Gasteiger partial charge in [-0.15, -0.1) is 0 Å². The predicted octanol–water partition coefficient (Wildman–Crippen LogP) is 2.46. The van der Waals surface area contributed by atoms with Crippen molar-refractivity contribution in [3.8, 4) is 0 Å². The fourth-order valence-corrected chi connectivity index (χ4v) is 0.898. The zero-order valence-electron chi connectivity index (χ0n) is 7.34. The van der Waals surface area contributed by atoms with Gasteiger partial charge in [0.2, 0.25) is 0 Å². The molecule has 0 aromatic heterocycles. The van der Waals surface area contributed by atoms with Crippen LogP contribution in [0.4, 0.5) is 0 Å². The summed E-state index contributed by atoms with van der Waals surface area (Å²) in [5.41, 5.74) is 2.52. The normalized spacial score (nSPS) is 12.5. The minimum Gasteiger partial charge on any atom is -0.303 e. The van der Waals surface area contributed by atoms with Crippen LogP contribution in [0.15, 0.2) is 16.7 Å². The van der Waals surface area contributed by atoms with Crippen molar-refractivity contribution >= 4 is 17.3 Å². The third-order valence-electron chi connectivity index (χ3n) is 1.09. The summed E-state index contributed by atoms with van der Waals surface area (Å²) >= 11 is 5.44. The molecule has 0 aliphatic rings. The lowest BCUT2D eigenvalue weighted by molar-refractivity contribution is 0.436. The summed E-state index contributed by atoms with van der Waals surface area (Å²) in [5, 5.41) is 6.01. The van der Waals surface area contributed by atoms with Gasteiger partial charge in [0.25, 0.3) is 0 Å². The molecular weight excluding hydrogens is 160 g/mol. The fraction of sp³-hybridized carbons (Fsp3) is 0.625. The van der Waals surface area contributed by atoms with Crippen molar-refractivity contribution in [1.29, 1.82) is 0 Å². The molecule has 0 bridgehead atoms. The summed E-state index contributed by atoms with van der Waals surface area (Å²) in [7, 11) is 3.80. The van der Waals surface area contributed by atoms with Crippen LogP contribution in [0.1, 0.15) is 19.8 Å². The second kappa shape index (κ2) is 6.23. The maximum Gasteiger partial charge on any atom is 0.0613 e. The molecule has 3 heteroatoms. The van der Waals surface area contributed by atoms with Crippen LogP contribution in [0, 0.1) is 0 Å². The van der Waals surface area contributed by atoms with Crippen molar-refractivity contribution in [2.75, 3.05) is 14.1 Å². The second-order valence-corrected chi connectivity index (χ2v) is 2.73. The molecule has 0 rings (SSSR count). The highest BCUT2D eigenvalue weighted by atomic mass is 35.5. The molecule has 0 spiro atoms. The Hall–Kier alpha value is -0.500. The molecule has 0 saturated heterocycles. The molecule has 0 fully saturated rings. The van der Waals surface area contributed by atoms with Gasteiger partial charge < -0.3 is 5.01 Å². The molecule has 0 saturated carbocycles. The van der Waals surface area contributed by atoms with Gasteiger partial charge in [0.05, 0.1) is 5.71 Å². The smallest absolute Gasteiger partial charge is 0.0613 e. The summed E-state index contributed by atoms with van der Waals surface area (Å²) in [6, 6.07) is 0. The standard InChI is InChI=1S/C8H15ClN2/c1-4-5-8(6-7-9)10-11(2)3/h6-7H,4-5H2,1-3H3. The summed E-state index contributed by atoms with van der Waals surface area (Å²) in [5.74, 6) is 0. The number of nitrogens with zero attached hydrogens (tertiary/aromatic N) is 2. The zero-order valence-corrected chi connectivity index (χ0v) is 8.10. The van der Waals surface area contributed by atoms with Gasteiger partial charge in [0.15, 0.2) is 0 Å². The fourth-order valence-electron chi connectivity index (χ4n) is 0.752. The van der Waals surface area contributed by atoms with Crippen LogP contribution in [0.25, 0.3) is 0 Å². The third-order valence-corrected chi connectivity index (χ3v) is 1.22.